The summed E-state index contributed by atoms with van der Waals surface area (Å²) in [5, 5.41) is 3.48. The van der Waals surface area contributed by atoms with Crippen molar-refractivity contribution in [3.63, 3.8) is 0 Å². The van der Waals surface area contributed by atoms with Crippen LogP contribution in [-0.2, 0) is 9.84 Å². The summed E-state index contributed by atoms with van der Waals surface area (Å²) in [5.74, 6) is 0. The number of pyridine rings is 1. The number of hydrogen-bond donors (Lipinski definition) is 2. The number of nitrogens with zero attached hydrogens (tertiary/aromatic N) is 1. The molecule has 3 aromatic rings. The number of fused-ring (bicyclic) bond motifs is 1. The zero-order chi connectivity index (χ0) is 17.4. The average molecular weight is 374 g/mol. The van der Waals surface area contributed by atoms with E-state index in [4.69, 9.17) is 11.6 Å². The first kappa shape index (κ1) is 16.3. The molecule has 0 amide bonds. The van der Waals surface area contributed by atoms with Gasteiger partial charge in [-0.05, 0) is 36.7 Å². The first-order valence-corrected chi connectivity index (χ1v) is 9.81. The van der Waals surface area contributed by atoms with Crippen LogP contribution in [0.4, 0.5) is 0 Å². The van der Waals surface area contributed by atoms with Gasteiger partial charge in [0.2, 0.25) is 9.84 Å². The Hall–Kier alpha value is -2.15. The van der Waals surface area contributed by atoms with Crippen molar-refractivity contribution >= 4 is 38.0 Å². The predicted octanol–water partition coefficient (Wildman–Crippen LogP) is 3.43. The van der Waals surface area contributed by atoms with Crippen LogP contribution >= 0.6 is 11.6 Å². The van der Waals surface area contributed by atoms with E-state index in [9.17, 15) is 8.42 Å². The van der Waals surface area contributed by atoms with Gasteiger partial charge < -0.3 is 10.3 Å². The zero-order valence-corrected chi connectivity index (χ0v) is 14.9. The number of hydrogen-bond acceptors (Lipinski definition) is 4. The van der Waals surface area contributed by atoms with E-state index in [1.165, 1.54) is 23.9 Å². The number of sulfone groups is 1. The third kappa shape index (κ3) is 2.76. The molecule has 0 bridgehead atoms. The highest BCUT2D eigenvalue weighted by atomic mass is 35.5. The van der Waals surface area contributed by atoms with Gasteiger partial charge in [0, 0.05) is 24.5 Å². The minimum atomic E-state index is -3.75. The van der Waals surface area contributed by atoms with Gasteiger partial charge in [0.25, 0.3) is 0 Å². The molecule has 4 rings (SSSR count). The van der Waals surface area contributed by atoms with Gasteiger partial charge in [0.15, 0.2) is 0 Å². The van der Waals surface area contributed by atoms with Crippen molar-refractivity contribution in [1.29, 1.82) is 0 Å². The third-order valence-electron chi connectivity index (χ3n) is 4.35. The fourth-order valence-corrected chi connectivity index (χ4v) is 5.04. The summed E-state index contributed by atoms with van der Waals surface area (Å²) in [4.78, 5) is 7.81. The smallest absolute Gasteiger partial charge is 0.210 e. The fourth-order valence-electron chi connectivity index (χ4n) is 3.12. The van der Waals surface area contributed by atoms with Crippen molar-refractivity contribution in [3.8, 4) is 0 Å². The average Bonchev–Trinajstić information content (AvgIpc) is 3.06. The Kier molecular flexibility index (Phi) is 4.11. The molecule has 0 spiro atoms. The van der Waals surface area contributed by atoms with Crippen molar-refractivity contribution in [1.82, 2.24) is 15.3 Å². The number of rotatable bonds is 3. The van der Waals surface area contributed by atoms with Gasteiger partial charge in [0.05, 0.1) is 25.8 Å². The SMILES string of the molecule is O=S(=O)(c1ccccc1Cl)c1ccnc2c(C3=CCNCC3)c[nH]c12. The third-order valence-corrected chi connectivity index (χ3v) is 6.65. The van der Waals surface area contributed by atoms with Crippen LogP contribution in [0.2, 0.25) is 5.02 Å². The molecule has 0 aliphatic carbocycles. The van der Waals surface area contributed by atoms with Crippen LogP contribution in [-0.4, -0.2) is 31.5 Å². The van der Waals surface area contributed by atoms with Gasteiger partial charge >= 0.3 is 0 Å². The van der Waals surface area contributed by atoms with Gasteiger partial charge in [-0.1, -0.05) is 29.8 Å². The number of benzene rings is 1. The second kappa shape index (κ2) is 6.29. The molecule has 2 N–H and O–H groups in total. The molecule has 0 unspecified atom stereocenters. The summed E-state index contributed by atoms with van der Waals surface area (Å²) < 4.78 is 26.2. The van der Waals surface area contributed by atoms with E-state index in [0.717, 1.165) is 25.1 Å². The molecule has 0 saturated carbocycles. The Balaban J connectivity index is 1.91. The minimum Gasteiger partial charge on any atom is -0.358 e. The zero-order valence-electron chi connectivity index (χ0n) is 13.3. The Labute approximate surface area is 150 Å². The second-order valence-corrected chi connectivity index (χ2v) is 8.15. The van der Waals surface area contributed by atoms with Gasteiger partial charge in [0.1, 0.15) is 0 Å². The topological polar surface area (TPSA) is 74.8 Å². The van der Waals surface area contributed by atoms with E-state index in [1.807, 2.05) is 6.20 Å². The minimum absolute atomic E-state index is 0.0985. The molecule has 0 radical (unpaired) electrons. The van der Waals surface area contributed by atoms with Crippen LogP contribution in [0.5, 0.6) is 0 Å². The molecule has 0 atom stereocenters. The van der Waals surface area contributed by atoms with Crippen LogP contribution in [0, 0.1) is 0 Å². The largest absolute Gasteiger partial charge is 0.358 e. The molecule has 2 aromatic heterocycles. The van der Waals surface area contributed by atoms with Gasteiger partial charge in [-0.2, -0.15) is 0 Å². The van der Waals surface area contributed by atoms with E-state index in [2.05, 4.69) is 21.4 Å². The van der Waals surface area contributed by atoms with E-state index in [0.29, 0.717) is 11.0 Å². The first-order chi connectivity index (χ1) is 12.1. The van der Waals surface area contributed by atoms with Crippen molar-refractivity contribution in [2.24, 2.45) is 0 Å². The molecular formula is C18H16ClN3O2S. The molecular weight excluding hydrogens is 358 g/mol. The van der Waals surface area contributed by atoms with Gasteiger partial charge in [-0.25, -0.2) is 8.42 Å². The summed E-state index contributed by atoms with van der Waals surface area (Å²) in [6, 6.07) is 7.98. The van der Waals surface area contributed by atoms with Crippen LogP contribution in [0.3, 0.4) is 0 Å². The molecule has 25 heavy (non-hydrogen) atoms. The Morgan fingerprint density at radius 3 is 2.72 bits per heavy atom. The fraction of sp³-hybridized carbons (Fsp3) is 0.167. The Morgan fingerprint density at radius 1 is 1.12 bits per heavy atom. The molecule has 5 nitrogen and oxygen atoms in total. The lowest BCUT2D eigenvalue weighted by molar-refractivity contribution is 0.597. The van der Waals surface area contributed by atoms with Crippen molar-refractivity contribution in [3.05, 3.63) is 59.4 Å². The van der Waals surface area contributed by atoms with Crippen LogP contribution in [0.25, 0.3) is 16.6 Å². The number of halogens is 1. The summed E-state index contributed by atoms with van der Waals surface area (Å²) in [6.45, 7) is 1.70. The van der Waals surface area contributed by atoms with Crippen LogP contribution in [0.1, 0.15) is 12.0 Å². The number of H-pyrrole nitrogens is 1. The van der Waals surface area contributed by atoms with E-state index in [-0.39, 0.29) is 14.8 Å². The Morgan fingerprint density at radius 2 is 1.96 bits per heavy atom. The highest BCUT2D eigenvalue weighted by Crippen LogP contribution is 2.34. The quantitative estimate of drug-likeness (QED) is 0.737. The molecule has 128 valence electrons. The summed E-state index contributed by atoms with van der Waals surface area (Å²) >= 11 is 6.12. The summed E-state index contributed by atoms with van der Waals surface area (Å²) in [6.07, 6.45) is 6.37. The standard InChI is InChI=1S/C18H16ClN3O2S/c19-14-3-1-2-4-15(14)25(23,24)16-7-10-21-17-13(11-22-18(16)17)12-5-8-20-9-6-12/h1-5,7,10-11,20,22H,6,8-9H2. The molecule has 7 heteroatoms. The molecule has 0 saturated heterocycles. The number of aromatic amines is 1. The monoisotopic (exact) mass is 373 g/mol. The second-order valence-electron chi connectivity index (χ2n) is 5.85. The lowest BCUT2D eigenvalue weighted by atomic mass is 10.0. The normalized spacial score (nSPS) is 15.3. The Bertz CT molecular complexity index is 1090. The molecule has 0 fully saturated rings. The molecule has 3 heterocycles. The number of aromatic nitrogens is 2. The summed E-state index contributed by atoms with van der Waals surface area (Å²) in [5.41, 5.74) is 3.30. The maximum atomic E-state index is 13.1. The van der Waals surface area contributed by atoms with Gasteiger partial charge in [-0.3, -0.25) is 4.98 Å². The van der Waals surface area contributed by atoms with E-state index in [1.54, 1.807) is 18.2 Å². The maximum absolute atomic E-state index is 13.1. The van der Waals surface area contributed by atoms with E-state index >= 15 is 0 Å². The van der Waals surface area contributed by atoms with Gasteiger partial charge in [-0.15, -0.1) is 0 Å². The highest BCUT2D eigenvalue weighted by Gasteiger charge is 2.25. The lowest BCUT2D eigenvalue weighted by Crippen LogP contribution is -2.19. The van der Waals surface area contributed by atoms with Crippen molar-refractivity contribution in [2.45, 2.75) is 16.2 Å². The van der Waals surface area contributed by atoms with E-state index < -0.39 is 9.84 Å². The summed E-state index contributed by atoms with van der Waals surface area (Å²) in [7, 11) is -3.75. The predicted molar refractivity (Wildman–Crippen MR) is 98.5 cm³/mol. The van der Waals surface area contributed by atoms with Crippen LogP contribution < -0.4 is 5.32 Å². The first-order valence-electron chi connectivity index (χ1n) is 7.95. The number of nitrogens with one attached hydrogen (secondary N) is 2. The lowest BCUT2D eigenvalue weighted by Gasteiger charge is -2.13. The molecule has 1 aliphatic heterocycles. The molecule has 1 aromatic carbocycles. The highest BCUT2D eigenvalue weighted by molar-refractivity contribution is 7.91. The van der Waals surface area contributed by atoms with Crippen molar-refractivity contribution in [2.75, 3.05) is 13.1 Å². The maximum Gasteiger partial charge on any atom is 0.210 e. The molecule has 1 aliphatic rings. The van der Waals surface area contributed by atoms with Crippen molar-refractivity contribution < 1.29 is 8.42 Å². The van der Waals surface area contributed by atoms with Crippen LogP contribution in [0.15, 0.2) is 58.6 Å².